The molecule has 0 aromatic heterocycles. The third-order valence-electron chi connectivity index (χ3n) is 5.24. The standard InChI is InChI=1S/C22H22N2O3S/c25-20(23-18-12-6-8-15-7-4-5-11-17(15)18)14-28-19-13-21(26)24(22(19)27)16-9-2-1-3-10-16/h1-5,7,9-11,18-19H,6,8,12-14H2,(H,23,25)/t18-,19-/m0/s1. The molecule has 1 heterocycles. The number of rotatable bonds is 5. The van der Waals surface area contributed by atoms with E-state index in [1.807, 2.05) is 18.2 Å². The zero-order chi connectivity index (χ0) is 19.5. The second-order valence-corrected chi connectivity index (χ2v) is 8.31. The number of nitrogens with one attached hydrogen (secondary N) is 1. The van der Waals surface area contributed by atoms with Crippen molar-refractivity contribution >= 4 is 35.2 Å². The summed E-state index contributed by atoms with van der Waals surface area (Å²) >= 11 is 1.25. The van der Waals surface area contributed by atoms with E-state index >= 15 is 0 Å². The Hall–Kier alpha value is -2.60. The Morgan fingerprint density at radius 3 is 2.64 bits per heavy atom. The molecule has 1 saturated heterocycles. The predicted molar refractivity (Wildman–Crippen MR) is 110 cm³/mol. The molecule has 5 nitrogen and oxygen atoms in total. The molecule has 28 heavy (non-hydrogen) atoms. The van der Waals surface area contributed by atoms with Crippen LogP contribution in [-0.2, 0) is 20.8 Å². The van der Waals surface area contributed by atoms with E-state index < -0.39 is 5.25 Å². The van der Waals surface area contributed by atoms with Crippen molar-refractivity contribution in [2.45, 2.75) is 37.0 Å². The fourth-order valence-electron chi connectivity index (χ4n) is 3.90. The van der Waals surface area contributed by atoms with E-state index in [-0.39, 0.29) is 35.9 Å². The number of amides is 3. The molecule has 0 bridgehead atoms. The lowest BCUT2D eigenvalue weighted by Crippen LogP contribution is -2.34. The number of anilines is 1. The molecular weight excluding hydrogens is 372 g/mol. The molecule has 0 saturated carbocycles. The van der Waals surface area contributed by atoms with Crippen molar-refractivity contribution in [3.8, 4) is 0 Å². The minimum Gasteiger partial charge on any atom is -0.349 e. The number of thioether (sulfide) groups is 1. The fourth-order valence-corrected chi connectivity index (χ4v) is 4.84. The van der Waals surface area contributed by atoms with Crippen LogP contribution in [-0.4, -0.2) is 28.7 Å². The lowest BCUT2D eigenvalue weighted by atomic mass is 9.88. The molecule has 1 N–H and O–H groups in total. The first-order valence-electron chi connectivity index (χ1n) is 9.54. The smallest absolute Gasteiger partial charge is 0.247 e. The van der Waals surface area contributed by atoms with Gasteiger partial charge in [0.15, 0.2) is 0 Å². The van der Waals surface area contributed by atoms with Crippen molar-refractivity contribution < 1.29 is 14.4 Å². The fraction of sp³-hybridized carbons (Fsp3) is 0.318. The highest BCUT2D eigenvalue weighted by Gasteiger charge is 2.40. The van der Waals surface area contributed by atoms with Gasteiger partial charge >= 0.3 is 0 Å². The average Bonchev–Trinajstić information content (AvgIpc) is 3.00. The van der Waals surface area contributed by atoms with Crippen LogP contribution in [0.1, 0.15) is 36.4 Å². The number of imide groups is 1. The number of fused-ring (bicyclic) bond motifs is 1. The van der Waals surface area contributed by atoms with Crippen LogP contribution in [0.3, 0.4) is 0 Å². The topological polar surface area (TPSA) is 66.5 Å². The van der Waals surface area contributed by atoms with Crippen LogP contribution in [0.2, 0.25) is 0 Å². The Kier molecular flexibility index (Phi) is 5.48. The van der Waals surface area contributed by atoms with Crippen LogP contribution >= 0.6 is 11.8 Å². The van der Waals surface area contributed by atoms with Crippen molar-refractivity contribution in [2.24, 2.45) is 0 Å². The molecule has 0 spiro atoms. The van der Waals surface area contributed by atoms with Gasteiger partial charge in [-0.05, 0) is 42.5 Å². The number of hydrogen-bond donors (Lipinski definition) is 1. The van der Waals surface area contributed by atoms with Gasteiger partial charge in [0.05, 0.1) is 22.7 Å². The van der Waals surface area contributed by atoms with Crippen LogP contribution < -0.4 is 10.2 Å². The van der Waals surface area contributed by atoms with Crippen molar-refractivity contribution in [1.29, 1.82) is 0 Å². The summed E-state index contributed by atoms with van der Waals surface area (Å²) in [4.78, 5) is 38.6. The number of hydrogen-bond acceptors (Lipinski definition) is 4. The molecule has 0 unspecified atom stereocenters. The average molecular weight is 394 g/mol. The zero-order valence-electron chi connectivity index (χ0n) is 15.5. The molecule has 2 aromatic carbocycles. The van der Waals surface area contributed by atoms with Gasteiger partial charge in [0.25, 0.3) is 0 Å². The Bertz CT molecular complexity index is 900. The summed E-state index contributed by atoms with van der Waals surface area (Å²) in [5, 5.41) is 2.60. The van der Waals surface area contributed by atoms with Crippen LogP contribution in [0, 0.1) is 0 Å². The van der Waals surface area contributed by atoms with E-state index in [1.165, 1.54) is 27.8 Å². The summed E-state index contributed by atoms with van der Waals surface area (Å²) in [5.41, 5.74) is 3.07. The van der Waals surface area contributed by atoms with Crippen LogP contribution in [0.5, 0.6) is 0 Å². The summed E-state index contributed by atoms with van der Waals surface area (Å²) in [5.74, 6) is -0.372. The number of carbonyl (C=O) groups excluding carboxylic acids is 3. The Morgan fingerprint density at radius 1 is 1.07 bits per heavy atom. The first kappa shape index (κ1) is 18.7. The minimum atomic E-state index is -0.503. The molecular formula is C22H22N2O3S. The van der Waals surface area contributed by atoms with E-state index in [4.69, 9.17) is 0 Å². The van der Waals surface area contributed by atoms with Gasteiger partial charge in [0.1, 0.15) is 0 Å². The maximum atomic E-state index is 12.6. The summed E-state index contributed by atoms with van der Waals surface area (Å²) in [6.07, 6.45) is 3.16. The summed E-state index contributed by atoms with van der Waals surface area (Å²) in [7, 11) is 0. The summed E-state index contributed by atoms with van der Waals surface area (Å²) in [6.45, 7) is 0. The van der Waals surface area contributed by atoms with Crippen molar-refractivity contribution in [3.63, 3.8) is 0 Å². The van der Waals surface area contributed by atoms with Crippen LogP contribution in [0.15, 0.2) is 54.6 Å². The second kappa shape index (κ2) is 8.19. The summed E-state index contributed by atoms with van der Waals surface area (Å²) in [6, 6.07) is 17.2. The SMILES string of the molecule is O=C(CS[C@H]1CC(=O)N(c2ccccc2)C1=O)N[C@H]1CCCc2ccccc21. The molecule has 2 aromatic rings. The highest BCUT2D eigenvalue weighted by atomic mass is 32.2. The Morgan fingerprint density at radius 2 is 1.82 bits per heavy atom. The van der Waals surface area contributed by atoms with E-state index in [0.29, 0.717) is 5.69 Å². The molecule has 1 aliphatic carbocycles. The highest BCUT2D eigenvalue weighted by molar-refractivity contribution is 8.01. The molecule has 144 valence electrons. The molecule has 6 heteroatoms. The number of benzene rings is 2. The second-order valence-electron chi connectivity index (χ2n) is 7.12. The number of carbonyl (C=O) groups is 3. The highest BCUT2D eigenvalue weighted by Crippen LogP contribution is 2.31. The van der Waals surface area contributed by atoms with Gasteiger partial charge in [-0.15, -0.1) is 11.8 Å². The van der Waals surface area contributed by atoms with Gasteiger partial charge in [-0.2, -0.15) is 0 Å². The third kappa shape index (κ3) is 3.83. The molecule has 0 radical (unpaired) electrons. The molecule has 3 amide bonds. The number of aryl methyl sites for hydroxylation is 1. The largest absolute Gasteiger partial charge is 0.349 e. The van der Waals surface area contributed by atoms with Gasteiger partial charge in [0, 0.05) is 6.42 Å². The van der Waals surface area contributed by atoms with Gasteiger partial charge in [-0.1, -0.05) is 42.5 Å². The quantitative estimate of drug-likeness (QED) is 0.791. The predicted octanol–water partition coefficient (Wildman–Crippen LogP) is 3.25. The number of para-hydroxylation sites is 1. The van der Waals surface area contributed by atoms with Crippen LogP contribution in [0.25, 0.3) is 0 Å². The Labute approximate surface area is 168 Å². The first-order valence-corrected chi connectivity index (χ1v) is 10.6. The molecule has 1 fully saturated rings. The lowest BCUT2D eigenvalue weighted by molar-refractivity contribution is -0.121. The molecule has 1 aliphatic heterocycles. The van der Waals surface area contributed by atoms with Gasteiger partial charge in [-0.25, -0.2) is 4.90 Å². The van der Waals surface area contributed by atoms with Crippen molar-refractivity contribution in [2.75, 3.05) is 10.7 Å². The van der Waals surface area contributed by atoms with Gasteiger partial charge in [-0.3, -0.25) is 14.4 Å². The normalized spacial score (nSPS) is 21.5. The van der Waals surface area contributed by atoms with Gasteiger partial charge in [0.2, 0.25) is 17.7 Å². The first-order chi connectivity index (χ1) is 13.6. The van der Waals surface area contributed by atoms with Crippen molar-refractivity contribution in [3.05, 3.63) is 65.7 Å². The maximum absolute atomic E-state index is 12.6. The number of nitrogens with zero attached hydrogens (tertiary/aromatic N) is 1. The monoisotopic (exact) mass is 394 g/mol. The van der Waals surface area contributed by atoms with Crippen molar-refractivity contribution in [1.82, 2.24) is 5.32 Å². The van der Waals surface area contributed by atoms with E-state index in [9.17, 15) is 14.4 Å². The maximum Gasteiger partial charge on any atom is 0.247 e. The molecule has 2 atom stereocenters. The molecule has 2 aliphatic rings. The van der Waals surface area contributed by atoms with Gasteiger partial charge < -0.3 is 5.32 Å². The van der Waals surface area contributed by atoms with E-state index in [0.717, 1.165) is 19.3 Å². The Balaban J connectivity index is 1.35. The summed E-state index contributed by atoms with van der Waals surface area (Å²) < 4.78 is 0. The van der Waals surface area contributed by atoms with Crippen LogP contribution in [0.4, 0.5) is 5.69 Å². The lowest BCUT2D eigenvalue weighted by Gasteiger charge is -2.26. The van der Waals surface area contributed by atoms with E-state index in [1.54, 1.807) is 24.3 Å². The third-order valence-corrected chi connectivity index (χ3v) is 6.44. The molecule has 4 rings (SSSR count). The zero-order valence-corrected chi connectivity index (χ0v) is 16.3. The minimum absolute atomic E-state index is 0.0276. The van der Waals surface area contributed by atoms with E-state index in [2.05, 4.69) is 17.4 Å².